The van der Waals surface area contributed by atoms with Crippen LogP contribution in [-0.4, -0.2) is 14.5 Å². The van der Waals surface area contributed by atoms with Gasteiger partial charge >= 0.3 is 0 Å². The number of hydrogen-bond acceptors (Lipinski definition) is 3. The van der Waals surface area contributed by atoms with Gasteiger partial charge < -0.3 is 10.3 Å². The first-order valence-corrected chi connectivity index (χ1v) is 4.40. The van der Waals surface area contributed by atoms with Crippen LogP contribution in [-0.2, 0) is 0 Å². The molecule has 4 nitrogen and oxygen atoms in total. The van der Waals surface area contributed by atoms with Crippen molar-refractivity contribution in [2.24, 2.45) is 0 Å². The van der Waals surface area contributed by atoms with Crippen molar-refractivity contribution in [3.05, 3.63) is 36.2 Å². The minimum absolute atomic E-state index is 0.660. The fourth-order valence-corrected chi connectivity index (χ4v) is 1.36. The van der Waals surface area contributed by atoms with Crippen molar-refractivity contribution in [1.29, 1.82) is 0 Å². The first kappa shape index (κ1) is 8.74. The molecule has 2 rings (SSSR count). The quantitative estimate of drug-likeness (QED) is 0.737. The molecule has 0 spiro atoms. The first-order valence-electron chi connectivity index (χ1n) is 4.40. The minimum atomic E-state index is 0.660. The fourth-order valence-electron chi connectivity index (χ4n) is 1.36. The Balaban J connectivity index is 2.60. The third-order valence-electron chi connectivity index (χ3n) is 2.34. The summed E-state index contributed by atoms with van der Waals surface area (Å²) in [7, 11) is 0. The van der Waals surface area contributed by atoms with Crippen molar-refractivity contribution >= 4 is 5.69 Å². The smallest absolute Gasteiger partial charge is 0.0998 e. The SMILES string of the molecule is Cc1ncn(-c2ccncc2N)c1C. The lowest BCUT2D eigenvalue weighted by molar-refractivity contribution is 0.998. The van der Waals surface area contributed by atoms with Crippen LogP contribution in [0.3, 0.4) is 0 Å². The molecule has 0 amide bonds. The van der Waals surface area contributed by atoms with E-state index in [4.69, 9.17) is 5.73 Å². The Bertz CT molecular complexity index is 459. The van der Waals surface area contributed by atoms with E-state index in [9.17, 15) is 0 Å². The predicted octanol–water partition coefficient (Wildman–Crippen LogP) is 1.47. The summed E-state index contributed by atoms with van der Waals surface area (Å²) in [5, 5.41) is 0. The molecule has 0 aliphatic rings. The maximum atomic E-state index is 5.82. The molecule has 0 aliphatic heterocycles. The van der Waals surface area contributed by atoms with E-state index < -0.39 is 0 Å². The van der Waals surface area contributed by atoms with Gasteiger partial charge in [-0.15, -0.1) is 0 Å². The van der Waals surface area contributed by atoms with Gasteiger partial charge in [0.15, 0.2) is 0 Å². The summed E-state index contributed by atoms with van der Waals surface area (Å²) in [6.07, 6.45) is 5.14. The highest BCUT2D eigenvalue weighted by molar-refractivity contribution is 5.56. The number of rotatable bonds is 1. The van der Waals surface area contributed by atoms with Crippen molar-refractivity contribution in [2.45, 2.75) is 13.8 Å². The third kappa shape index (κ3) is 1.25. The zero-order chi connectivity index (χ0) is 10.1. The topological polar surface area (TPSA) is 56.7 Å². The van der Waals surface area contributed by atoms with Crippen molar-refractivity contribution in [2.75, 3.05) is 5.73 Å². The van der Waals surface area contributed by atoms with E-state index in [-0.39, 0.29) is 0 Å². The average molecular weight is 188 g/mol. The number of pyridine rings is 1. The van der Waals surface area contributed by atoms with E-state index in [1.54, 1.807) is 18.7 Å². The number of hydrogen-bond donors (Lipinski definition) is 1. The van der Waals surface area contributed by atoms with Crippen LogP contribution in [0.2, 0.25) is 0 Å². The molecule has 2 aromatic heterocycles. The summed E-state index contributed by atoms with van der Waals surface area (Å²) in [6.45, 7) is 3.99. The Hall–Kier alpha value is -1.84. The average Bonchev–Trinajstić information content (AvgIpc) is 2.49. The van der Waals surface area contributed by atoms with Gasteiger partial charge in [-0.2, -0.15) is 0 Å². The summed E-state index contributed by atoms with van der Waals surface area (Å²) in [5.41, 5.74) is 9.52. The second kappa shape index (κ2) is 3.14. The molecule has 4 heteroatoms. The molecule has 0 fully saturated rings. The van der Waals surface area contributed by atoms with Crippen molar-refractivity contribution in [3.8, 4) is 5.69 Å². The van der Waals surface area contributed by atoms with Crippen molar-refractivity contribution in [3.63, 3.8) is 0 Å². The summed E-state index contributed by atoms with van der Waals surface area (Å²) in [4.78, 5) is 8.17. The molecule has 0 saturated carbocycles. The zero-order valence-electron chi connectivity index (χ0n) is 8.23. The van der Waals surface area contributed by atoms with Crippen LogP contribution in [0.1, 0.15) is 11.4 Å². The van der Waals surface area contributed by atoms with Crippen LogP contribution >= 0.6 is 0 Å². The van der Waals surface area contributed by atoms with E-state index in [0.29, 0.717) is 5.69 Å². The summed E-state index contributed by atoms with van der Waals surface area (Å²) in [5.74, 6) is 0. The molecule has 14 heavy (non-hydrogen) atoms. The van der Waals surface area contributed by atoms with E-state index in [0.717, 1.165) is 17.1 Å². The lowest BCUT2D eigenvalue weighted by Crippen LogP contribution is -2.00. The molecule has 2 aromatic rings. The number of aromatic nitrogens is 3. The lowest BCUT2D eigenvalue weighted by Gasteiger charge is -2.07. The van der Waals surface area contributed by atoms with Gasteiger partial charge in [0.25, 0.3) is 0 Å². The fraction of sp³-hybridized carbons (Fsp3) is 0.200. The van der Waals surface area contributed by atoms with Crippen molar-refractivity contribution < 1.29 is 0 Å². The van der Waals surface area contributed by atoms with Crippen LogP contribution in [0.5, 0.6) is 0 Å². The number of anilines is 1. The Morgan fingerprint density at radius 3 is 2.71 bits per heavy atom. The number of aryl methyl sites for hydroxylation is 1. The molecule has 0 unspecified atom stereocenters. The highest BCUT2D eigenvalue weighted by Crippen LogP contribution is 2.18. The van der Waals surface area contributed by atoms with Crippen molar-refractivity contribution in [1.82, 2.24) is 14.5 Å². The summed E-state index contributed by atoms with van der Waals surface area (Å²) >= 11 is 0. The number of nitrogen functional groups attached to an aromatic ring is 1. The standard InChI is InChI=1S/C10H12N4/c1-7-8(2)14(6-13-7)10-3-4-12-5-9(10)11/h3-6H,11H2,1-2H3. The Kier molecular flexibility index (Phi) is 1.96. The van der Waals surface area contributed by atoms with Crippen LogP contribution in [0, 0.1) is 13.8 Å². The molecule has 2 heterocycles. The second-order valence-electron chi connectivity index (χ2n) is 3.22. The number of nitrogens with two attached hydrogens (primary N) is 1. The zero-order valence-corrected chi connectivity index (χ0v) is 8.23. The van der Waals surface area contributed by atoms with Gasteiger partial charge in [-0.1, -0.05) is 0 Å². The number of imidazole rings is 1. The van der Waals surface area contributed by atoms with Gasteiger partial charge in [0.1, 0.15) is 0 Å². The van der Waals surface area contributed by atoms with E-state index in [1.165, 1.54) is 0 Å². The van der Waals surface area contributed by atoms with Gasteiger partial charge in [-0.25, -0.2) is 4.98 Å². The first-order chi connectivity index (χ1) is 6.70. The molecule has 0 atom stereocenters. The van der Waals surface area contributed by atoms with E-state index >= 15 is 0 Å². The van der Waals surface area contributed by atoms with Crippen LogP contribution in [0.15, 0.2) is 24.8 Å². The van der Waals surface area contributed by atoms with Gasteiger partial charge in [0.05, 0.1) is 29.6 Å². The minimum Gasteiger partial charge on any atom is -0.396 e. The molecule has 0 bridgehead atoms. The van der Waals surface area contributed by atoms with Gasteiger partial charge in [0, 0.05) is 11.9 Å². The molecule has 72 valence electrons. The monoisotopic (exact) mass is 188 g/mol. The Morgan fingerprint density at radius 1 is 1.36 bits per heavy atom. The third-order valence-corrected chi connectivity index (χ3v) is 2.34. The van der Waals surface area contributed by atoms with E-state index in [1.807, 2.05) is 24.5 Å². The Morgan fingerprint density at radius 2 is 2.14 bits per heavy atom. The molecule has 2 N–H and O–H groups in total. The predicted molar refractivity (Wildman–Crippen MR) is 55.2 cm³/mol. The normalized spacial score (nSPS) is 10.4. The van der Waals surface area contributed by atoms with Gasteiger partial charge in [0.2, 0.25) is 0 Å². The molecule has 0 radical (unpaired) electrons. The highest BCUT2D eigenvalue weighted by Gasteiger charge is 2.06. The highest BCUT2D eigenvalue weighted by atomic mass is 15.1. The lowest BCUT2D eigenvalue weighted by atomic mass is 10.3. The second-order valence-corrected chi connectivity index (χ2v) is 3.22. The van der Waals surface area contributed by atoms with E-state index in [2.05, 4.69) is 9.97 Å². The molecular formula is C10H12N4. The molecule has 0 aliphatic carbocycles. The van der Waals surface area contributed by atoms with Gasteiger partial charge in [-0.05, 0) is 19.9 Å². The van der Waals surface area contributed by atoms with Crippen LogP contribution in [0.25, 0.3) is 5.69 Å². The Labute approximate surface area is 82.4 Å². The molecule has 0 saturated heterocycles. The number of nitrogens with zero attached hydrogens (tertiary/aromatic N) is 3. The van der Waals surface area contributed by atoms with Crippen LogP contribution < -0.4 is 5.73 Å². The molecular weight excluding hydrogens is 176 g/mol. The summed E-state index contributed by atoms with van der Waals surface area (Å²) in [6, 6.07) is 1.88. The molecule has 0 aromatic carbocycles. The van der Waals surface area contributed by atoms with Crippen LogP contribution in [0.4, 0.5) is 5.69 Å². The van der Waals surface area contributed by atoms with Gasteiger partial charge in [-0.3, -0.25) is 4.98 Å². The largest absolute Gasteiger partial charge is 0.396 e. The maximum Gasteiger partial charge on any atom is 0.0998 e. The maximum absolute atomic E-state index is 5.82. The summed E-state index contributed by atoms with van der Waals surface area (Å²) < 4.78 is 1.96.